The average Bonchev–Trinajstić information content (AvgIpc) is 2.65. The third-order valence-electron chi connectivity index (χ3n) is 5.25. The molecule has 2 rings (SSSR count). The number of likely N-dealkylation sites (tertiary alicyclic amines) is 1. The van der Waals surface area contributed by atoms with Crippen LogP contribution in [-0.2, 0) is 0 Å². The van der Waals surface area contributed by atoms with E-state index in [1.165, 1.54) is 58.2 Å². The van der Waals surface area contributed by atoms with Crippen LogP contribution in [0.3, 0.4) is 0 Å². The van der Waals surface area contributed by atoms with Gasteiger partial charge in [0.05, 0.1) is 0 Å². The Hall–Kier alpha value is -0.120. The molecule has 0 aromatic heterocycles. The number of likely N-dealkylation sites (N-methyl/N-ethyl adjacent to an activating group) is 1. The fraction of sp³-hybridized carbons (Fsp3) is 1.00. The van der Waals surface area contributed by atoms with Crippen LogP contribution in [0.25, 0.3) is 0 Å². The van der Waals surface area contributed by atoms with E-state index < -0.39 is 0 Å². The molecule has 1 N–H and O–H groups in total. The summed E-state index contributed by atoms with van der Waals surface area (Å²) in [6.07, 6.45) is 8.20. The molecule has 2 heterocycles. The fourth-order valence-electron chi connectivity index (χ4n) is 3.88. The van der Waals surface area contributed by atoms with Gasteiger partial charge in [0.15, 0.2) is 0 Å². The molecule has 3 heteroatoms. The first-order valence-electron chi connectivity index (χ1n) is 8.42. The number of nitrogens with one attached hydrogen (secondary N) is 1. The highest BCUT2D eigenvalue weighted by atomic mass is 15.3. The van der Waals surface area contributed by atoms with Crippen molar-refractivity contribution in [3.8, 4) is 0 Å². The molecule has 3 nitrogen and oxygen atoms in total. The van der Waals surface area contributed by atoms with Crippen molar-refractivity contribution in [2.75, 3.05) is 33.2 Å². The summed E-state index contributed by atoms with van der Waals surface area (Å²) in [7, 11) is 2.34. The zero-order valence-corrected chi connectivity index (χ0v) is 13.2. The molecule has 2 aliphatic heterocycles. The van der Waals surface area contributed by atoms with Gasteiger partial charge in [0, 0.05) is 24.7 Å². The number of hydrogen-bond donors (Lipinski definition) is 1. The molecular weight excluding hydrogens is 234 g/mol. The Balaban J connectivity index is 1.69. The van der Waals surface area contributed by atoms with E-state index in [0.29, 0.717) is 0 Å². The smallest absolute Gasteiger partial charge is 0.0223 e. The van der Waals surface area contributed by atoms with Gasteiger partial charge in [-0.05, 0) is 65.2 Å². The summed E-state index contributed by atoms with van der Waals surface area (Å²) in [6.45, 7) is 9.56. The Kier molecular flexibility index (Phi) is 6.11. The topological polar surface area (TPSA) is 18.5 Å². The third-order valence-corrected chi connectivity index (χ3v) is 5.25. The minimum atomic E-state index is 0.733. The highest BCUT2D eigenvalue weighted by Crippen LogP contribution is 2.28. The van der Waals surface area contributed by atoms with Crippen molar-refractivity contribution in [1.82, 2.24) is 15.1 Å². The zero-order valence-electron chi connectivity index (χ0n) is 13.2. The van der Waals surface area contributed by atoms with Crippen LogP contribution in [0.15, 0.2) is 0 Å². The molecule has 112 valence electrons. The van der Waals surface area contributed by atoms with E-state index in [1.807, 2.05) is 0 Å². The first-order chi connectivity index (χ1) is 9.24. The van der Waals surface area contributed by atoms with Gasteiger partial charge in [-0.15, -0.1) is 0 Å². The van der Waals surface area contributed by atoms with Crippen molar-refractivity contribution in [2.24, 2.45) is 0 Å². The lowest BCUT2D eigenvalue weighted by atomic mass is 10.1. The van der Waals surface area contributed by atoms with Crippen molar-refractivity contribution < 1.29 is 0 Å². The molecule has 0 radical (unpaired) electrons. The number of fused-ring (bicyclic) bond motifs is 2. The van der Waals surface area contributed by atoms with Gasteiger partial charge in [0.25, 0.3) is 0 Å². The van der Waals surface area contributed by atoms with Gasteiger partial charge in [-0.1, -0.05) is 13.8 Å². The van der Waals surface area contributed by atoms with E-state index in [-0.39, 0.29) is 0 Å². The van der Waals surface area contributed by atoms with Crippen molar-refractivity contribution in [1.29, 1.82) is 0 Å². The van der Waals surface area contributed by atoms with Gasteiger partial charge in [-0.3, -0.25) is 4.90 Å². The van der Waals surface area contributed by atoms with Crippen molar-refractivity contribution in [3.63, 3.8) is 0 Å². The zero-order chi connectivity index (χ0) is 13.7. The van der Waals surface area contributed by atoms with Crippen LogP contribution in [0.2, 0.25) is 0 Å². The van der Waals surface area contributed by atoms with E-state index in [0.717, 1.165) is 24.7 Å². The molecule has 0 spiro atoms. The van der Waals surface area contributed by atoms with Gasteiger partial charge in [-0.25, -0.2) is 0 Å². The highest BCUT2D eigenvalue weighted by Gasteiger charge is 2.34. The second-order valence-electron chi connectivity index (χ2n) is 6.44. The molecule has 3 atom stereocenters. The van der Waals surface area contributed by atoms with Crippen LogP contribution in [0.4, 0.5) is 0 Å². The number of hydrogen-bond acceptors (Lipinski definition) is 3. The highest BCUT2D eigenvalue weighted by molar-refractivity contribution is 4.90. The molecule has 2 aliphatic rings. The van der Waals surface area contributed by atoms with Gasteiger partial charge in [0.2, 0.25) is 0 Å². The van der Waals surface area contributed by atoms with Crippen LogP contribution in [0.5, 0.6) is 0 Å². The van der Waals surface area contributed by atoms with E-state index in [9.17, 15) is 0 Å². The quantitative estimate of drug-likeness (QED) is 0.764. The summed E-state index contributed by atoms with van der Waals surface area (Å²) in [6, 6.07) is 2.44. The minimum absolute atomic E-state index is 0.733. The second kappa shape index (κ2) is 7.61. The van der Waals surface area contributed by atoms with Gasteiger partial charge in [-0.2, -0.15) is 0 Å². The molecule has 0 aromatic carbocycles. The summed E-state index contributed by atoms with van der Waals surface area (Å²) in [5.74, 6) is 0. The summed E-state index contributed by atoms with van der Waals surface area (Å²) < 4.78 is 0. The second-order valence-corrected chi connectivity index (χ2v) is 6.44. The molecule has 0 saturated carbocycles. The normalized spacial score (nSPS) is 30.5. The summed E-state index contributed by atoms with van der Waals surface area (Å²) in [5.41, 5.74) is 0. The number of rotatable bonds is 7. The first-order valence-corrected chi connectivity index (χ1v) is 8.42. The maximum absolute atomic E-state index is 3.59. The SMILES string of the molecule is CCNC(CC)CCCN1CCC2CCC(C1)N2C. The Morgan fingerprint density at radius 2 is 1.95 bits per heavy atom. The summed E-state index contributed by atoms with van der Waals surface area (Å²) >= 11 is 0. The Labute approximate surface area is 119 Å². The Bertz CT molecular complexity index is 256. The minimum Gasteiger partial charge on any atom is -0.314 e. The Morgan fingerprint density at radius 1 is 1.16 bits per heavy atom. The van der Waals surface area contributed by atoms with Crippen molar-refractivity contribution in [3.05, 3.63) is 0 Å². The molecule has 2 saturated heterocycles. The van der Waals surface area contributed by atoms with E-state index in [1.54, 1.807) is 0 Å². The van der Waals surface area contributed by atoms with Crippen LogP contribution < -0.4 is 5.32 Å². The molecule has 0 aliphatic carbocycles. The maximum Gasteiger partial charge on any atom is 0.0223 e. The van der Waals surface area contributed by atoms with Crippen LogP contribution >= 0.6 is 0 Å². The summed E-state index contributed by atoms with van der Waals surface area (Å²) in [4.78, 5) is 5.37. The fourth-order valence-corrected chi connectivity index (χ4v) is 3.88. The monoisotopic (exact) mass is 267 g/mol. The summed E-state index contributed by atoms with van der Waals surface area (Å²) in [5, 5.41) is 3.59. The standard InChI is InChI=1S/C16H33N3/c1-4-14(17-5-2)7-6-11-19-12-10-15-8-9-16(13-19)18(15)3/h14-17H,4-13H2,1-3H3. The first kappa shape index (κ1) is 15.3. The van der Waals surface area contributed by atoms with Crippen molar-refractivity contribution >= 4 is 0 Å². The third kappa shape index (κ3) is 4.17. The average molecular weight is 267 g/mol. The molecule has 2 fully saturated rings. The Morgan fingerprint density at radius 3 is 2.68 bits per heavy atom. The lowest BCUT2D eigenvalue weighted by molar-refractivity contribution is 0.215. The van der Waals surface area contributed by atoms with Gasteiger partial charge >= 0.3 is 0 Å². The molecule has 0 amide bonds. The van der Waals surface area contributed by atoms with E-state index in [2.05, 4.69) is 36.0 Å². The van der Waals surface area contributed by atoms with Crippen LogP contribution in [0, 0.1) is 0 Å². The van der Waals surface area contributed by atoms with Gasteiger partial charge < -0.3 is 10.2 Å². The molecule has 2 bridgehead atoms. The molecular formula is C16H33N3. The van der Waals surface area contributed by atoms with Crippen LogP contribution in [0.1, 0.15) is 52.4 Å². The lowest BCUT2D eigenvalue weighted by Gasteiger charge is -2.26. The predicted octanol–water partition coefficient (Wildman–Crippen LogP) is 2.32. The largest absolute Gasteiger partial charge is 0.314 e. The number of nitrogens with zero attached hydrogens (tertiary/aromatic N) is 2. The maximum atomic E-state index is 3.59. The molecule has 0 aromatic rings. The van der Waals surface area contributed by atoms with E-state index >= 15 is 0 Å². The van der Waals surface area contributed by atoms with E-state index in [4.69, 9.17) is 0 Å². The molecule has 3 unspecified atom stereocenters. The predicted molar refractivity (Wildman–Crippen MR) is 82.6 cm³/mol. The lowest BCUT2D eigenvalue weighted by Crippen LogP contribution is -2.37. The van der Waals surface area contributed by atoms with Crippen LogP contribution in [-0.4, -0.2) is 61.2 Å². The molecule has 19 heavy (non-hydrogen) atoms. The van der Waals surface area contributed by atoms with Gasteiger partial charge in [0.1, 0.15) is 0 Å². The van der Waals surface area contributed by atoms with Crippen molar-refractivity contribution in [2.45, 2.75) is 70.5 Å².